The molecule has 2 aromatic carbocycles. The summed E-state index contributed by atoms with van der Waals surface area (Å²) < 4.78 is 26.5. The van der Waals surface area contributed by atoms with Crippen LogP contribution in [0, 0.1) is 11.6 Å². The fourth-order valence-electron chi connectivity index (χ4n) is 2.77. The number of amides is 2. The summed E-state index contributed by atoms with van der Waals surface area (Å²) >= 11 is 0. The van der Waals surface area contributed by atoms with E-state index in [-0.39, 0.29) is 30.5 Å². The van der Waals surface area contributed by atoms with Crippen molar-refractivity contribution in [1.29, 1.82) is 0 Å². The zero-order valence-corrected chi connectivity index (χ0v) is 16.0. The van der Waals surface area contributed by atoms with Gasteiger partial charge in [-0.05, 0) is 38.2 Å². The topological polar surface area (TPSA) is 61.4 Å². The van der Waals surface area contributed by atoms with E-state index < -0.39 is 17.5 Å². The van der Waals surface area contributed by atoms with Gasteiger partial charge in [-0.15, -0.1) is 0 Å². The summed E-state index contributed by atoms with van der Waals surface area (Å²) in [6.45, 7) is 0.878. The van der Waals surface area contributed by atoms with Gasteiger partial charge < -0.3 is 15.5 Å². The second kappa shape index (κ2) is 10.5. The largest absolute Gasteiger partial charge is 0.352 e. The maximum absolute atomic E-state index is 13.6. The third-order valence-corrected chi connectivity index (χ3v) is 4.13. The van der Waals surface area contributed by atoms with E-state index in [1.165, 1.54) is 0 Å². The highest BCUT2D eigenvalue weighted by Crippen LogP contribution is 2.14. The van der Waals surface area contributed by atoms with E-state index in [2.05, 4.69) is 10.6 Å². The van der Waals surface area contributed by atoms with E-state index in [1.807, 2.05) is 49.3 Å². The summed E-state index contributed by atoms with van der Waals surface area (Å²) in [7, 11) is 3.87. The van der Waals surface area contributed by atoms with Crippen LogP contribution in [0.5, 0.6) is 0 Å². The number of nitrogens with zero attached hydrogens (tertiary/aromatic N) is 1. The molecule has 0 radical (unpaired) electrons. The molecular weight excluding hydrogens is 364 g/mol. The average Bonchev–Trinajstić information content (AvgIpc) is 2.65. The number of nitrogens with one attached hydrogen (secondary N) is 2. The van der Waals surface area contributed by atoms with Gasteiger partial charge in [0, 0.05) is 25.6 Å². The van der Waals surface area contributed by atoms with Crippen molar-refractivity contribution in [3.63, 3.8) is 0 Å². The lowest BCUT2D eigenvalue weighted by molar-refractivity contribution is -0.122. The zero-order valence-electron chi connectivity index (χ0n) is 16.0. The molecule has 0 aliphatic carbocycles. The van der Waals surface area contributed by atoms with E-state index in [9.17, 15) is 18.4 Å². The monoisotopic (exact) mass is 389 g/mol. The first kappa shape index (κ1) is 21.5. The van der Waals surface area contributed by atoms with Crippen LogP contribution in [0.2, 0.25) is 0 Å². The second-order valence-corrected chi connectivity index (χ2v) is 6.78. The van der Waals surface area contributed by atoms with Gasteiger partial charge in [0.15, 0.2) is 0 Å². The minimum absolute atomic E-state index is 0.127. The van der Waals surface area contributed by atoms with Gasteiger partial charge in [-0.25, -0.2) is 8.78 Å². The molecule has 2 N–H and O–H groups in total. The molecule has 0 aliphatic rings. The van der Waals surface area contributed by atoms with Crippen LogP contribution in [0.25, 0.3) is 0 Å². The fraction of sp³-hybridized carbons (Fsp3) is 0.333. The summed E-state index contributed by atoms with van der Waals surface area (Å²) in [6.07, 6.45) is 0.632. The molecule has 5 nitrogen and oxygen atoms in total. The van der Waals surface area contributed by atoms with E-state index >= 15 is 0 Å². The SMILES string of the molecule is CN(C)CC(NC(=O)CCCNC(=O)c1ccc(F)cc1F)c1ccccc1. The molecule has 7 heteroatoms. The van der Waals surface area contributed by atoms with Crippen LogP contribution in [0.4, 0.5) is 8.78 Å². The van der Waals surface area contributed by atoms with Gasteiger partial charge in [-0.3, -0.25) is 9.59 Å². The van der Waals surface area contributed by atoms with Crippen molar-refractivity contribution in [2.45, 2.75) is 18.9 Å². The van der Waals surface area contributed by atoms with Gasteiger partial charge in [-0.1, -0.05) is 30.3 Å². The van der Waals surface area contributed by atoms with Crippen molar-refractivity contribution in [2.24, 2.45) is 0 Å². The van der Waals surface area contributed by atoms with Crippen molar-refractivity contribution in [2.75, 3.05) is 27.2 Å². The Bertz CT molecular complexity index is 797. The molecule has 0 spiro atoms. The van der Waals surface area contributed by atoms with Gasteiger partial charge >= 0.3 is 0 Å². The van der Waals surface area contributed by atoms with Gasteiger partial charge in [0.25, 0.3) is 5.91 Å². The molecule has 0 saturated carbocycles. The van der Waals surface area contributed by atoms with E-state index in [0.29, 0.717) is 19.0 Å². The smallest absolute Gasteiger partial charge is 0.254 e. The van der Waals surface area contributed by atoms with E-state index in [1.54, 1.807) is 0 Å². The van der Waals surface area contributed by atoms with Gasteiger partial charge in [0.1, 0.15) is 11.6 Å². The number of hydrogen-bond acceptors (Lipinski definition) is 3. The number of rotatable bonds is 9. The fourth-order valence-corrected chi connectivity index (χ4v) is 2.77. The molecule has 28 heavy (non-hydrogen) atoms. The highest BCUT2D eigenvalue weighted by molar-refractivity contribution is 5.94. The highest BCUT2D eigenvalue weighted by atomic mass is 19.1. The predicted molar refractivity (Wildman–Crippen MR) is 104 cm³/mol. The molecule has 1 atom stereocenters. The molecule has 0 aromatic heterocycles. The van der Waals surface area contributed by atoms with Gasteiger partial charge in [-0.2, -0.15) is 0 Å². The van der Waals surface area contributed by atoms with Crippen LogP contribution in [-0.2, 0) is 4.79 Å². The summed E-state index contributed by atoms with van der Waals surface area (Å²) in [5.41, 5.74) is 0.797. The molecule has 2 rings (SSSR count). The van der Waals surface area contributed by atoms with Crippen molar-refractivity contribution >= 4 is 11.8 Å². The summed E-state index contributed by atoms with van der Waals surface area (Å²) in [6, 6.07) is 12.4. The normalized spacial score (nSPS) is 11.9. The molecular formula is C21H25F2N3O2. The molecule has 0 fully saturated rings. The summed E-state index contributed by atoms with van der Waals surface area (Å²) in [5, 5.41) is 5.55. The third kappa shape index (κ3) is 6.74. The quantitative estimate of drug-likeness (QED) is 0.649. The third-order valence-electron chi connectivity index (χ3n) is 4.13. The summed E-state index contributed by atoms with van der Waals surface area (Å²) in [4.78, 5) is 26.2. The molecule has 150 valence electrons. The minimum Gasteiger partial charge on any atom is -0.352 e. The molecule has 0 bridgehead atoms. The first-order valence-corrected chi connectivity index (χ1v) is 9.09. The lowest BCUT2D eigenvalue weighted by atomic mass is 10.1. The Kier molecular flexibility index (Phi) is 8.07. The first-order chi connectivity index (χ1) is 13.4. The summed E-state index contributed by atoms with van der Waals surface area (Å²) in [5.74, 6) is -2.41. The number of likely N-dealkylation sites (N-methyl/N-ethyl adjacent to an activating group) is 1. The number of hydrogen-bond donors (Lipinski definition) is 2. The average molecular weight is 389 g/mol. The zero-order chi connectivity index (χ0) is 20.5. The van der Waals surface area contributed by atoms with Crippen LogP contribution in [0.15, 0.2) is 48.5 Å². The van der Waals surface area contributed by atoms with Crippen LogP contribution in [-0.4, -0.2) is 43.9 Å². The molecule has 2 aromatic rings. The Balaban J connectivity index is 1.80. The number of benzene rings is 2. The molecule has 0 saturated heterocycles. The van der Waals surface area contributed by atoms with Crippen LogP contribution < -0.4 is 10.6 Å². The van der Waals surface area contributed by atoms with Crippen LogP contribution in [0.1, 0.15) is 34.8 Å². The first-order valence-electron chi connectivity index (χ1n) is 9.09. The van der Waals surface area contributed by atoms with Crippen LogP contribution >= 0.6 is 0 Å². The Morgan fingerprint density at radius 1 is 1.07 bits per heavy atom. The van der Waals surface area contributed by atoms with Crippen molar-refractivity contribution in [3.05, 3.63) is 71.3 Å². The minimum atomic E-state index is -0.912. The molecule has 2 amide bonds. The number of halogens is 2. The maximum atomic E-state index is 13.6. The second-order valence-electron chi connectivity index (χ2n) is 6.78. The highest BCUT2D eigenvalue weighted by Gasteiger charge is 2.16. The van der Waals surface area contributed by atoms with Crippen molar-refractivity contribution < 1.29 is 18.4 Å². The number of carbonyl (C=O) groups excluding carboxylic acids is 2. The maximum Gasteiger partial charge on any atom is 0.254 e. The van der Waals surface area contributed by atoms with Gasteiger partial charge in [0.05, 0.1) is 11.6 Å². The van der Waals surface area contributed by atoms with Gasteiger partial charge in [0.2, 0.25) is 5.91 Å². The van der Waals surface area contributed by atoms with E-state index in [0.717, 1.165) is 17.7 Å². The Morgan fingerprint density at radius 3 is 2.43 bits per heavy atom. The van der Waals surface area contributed by atoms with Crippen molar-refractivity contribution in [1.82, 2.24) is 15.5 Å². The molecule has 0 heterocycles. The predicted octanol–water partition coefficient (Wildman–Crippen LogP) is 2.89. The lowest BCUT2D eigenvalue weighted by Crippen LogP contribution is -2.35. The van der Waals surface area contributed by atoms with Crippen LogP contribution in [0.3, 0.4) is 0 Å². The Morgan fingerprint density at radius 2 is 1.79 bits per heavy atom. The Labute approximate surface area is 163 Å². The van der Waals surface area contributed by atoms with Crippen molar-refractivity contribution in [3.8, 4) is 0 Å². The molecule has 1 unspecified atom stereocenters. The van der Waals surface area contributed by atoms with E-state index in [4.69, 9.17) is 0 Å². The molecule has 0 aliphatic heterocycles. The number of carbonyl (C=O) groups is 2. The lowest BCUT2D eigenvalue weighted by Gasteiger charge is -2.23. The standard InChI is InChI=1S/C21H25F2N3O2/c1-26(2)14-19(15-7-4-3-5-8-15)25-20(27)9-6-12-24-21(28)17-11-10-16(22)13-18(17)23/h3-5,7-8,10-11,13,19H,6,9,12,14H2,1-2H3,(H,24,28)(H,25,27). The Hall–Kier alpha value is -2.80.